The van der Waals surface area contributed by atoms with Crippen LogP contribution in [0, 0.1) is 6.92 Å². The smallest absolute Gasteiger partial charge is 0.284 e. The summed E-state index contributed by atoms with van der Waals surface area (Å²) in [6.45, 7) is 1.89. The number of hydrogen-bond donors (Lipinski definition) is 1. The van der Waals surface area contributed by atoms with Gasteiger partial charge >= 0.3 is 0 Å². The number of amidine groups is 2. The molecule has 0 saturated heterocycles. The standard InChI is InChI=1S/C16H17N3O2S2/c1-12-8-10-14(11-9-12)23(20,21)19-15(18-16(17)22-2)13-6-4-3-5-7-13/h3-11H,1-2H3,(H2,17,18,19). The summed E-state index contributed by atoms with van der Waals surface area (Å²) in [6, 6.07) is 15.4. The summed E-state index contributed by atoms with van der Waals surface area (Å²) < 4.78 is 28.9. The first kappa shape index (κ1) is 17.2. The zero-order chi connectivity index (χ0) is 16.9. The van der Waals surface area contributed by atoms with Crippen molar-refractivity contribution < 1.29 is 8.42 Å². The van der Waals surface area contributed by atoms with Crippen LogP contribution in [0.5, 0.6) is 0 Å². The normalized spacial score (nSPS) is 13.1. The van der Waals surface area contributed by atoms with E-state index in [0.717, 1.165) is 5.56 Å². The zero-order valence-electron chi connectivity index (χ0n) is 12.8. The van der Waals surface area contributed by atoms with Crippen LogP contribution < -0.4 is 5.73 Å². The number of nitrogens with zero attached hydrogens (tertiary/aromatic N) is 2. The van der Waals surface area contributed by atoms with Crippen LogP contribution in [-0.4, -0.2) is 25.7 Å². The van der Waals surface area contributed by atoms with Crippen molar-refractivity contribution in [2.75, 3.05) is 6.26 Å². The minimum atomic E-state index is -3.86. The summed E-state index contributed by atoms with van der Waals surface area (Å²) in [7, 11) is -3.86. The molecule has 0 unspecified atom stereocenters. The Bertz CT molecular complexity index is 827. The van der Waals surface area contributed by atoms with Gasteiger partial charge in [-0.1, -0.05) is 59.8 Å². The molecule has 0 heterocycles. The summed E-state index contributed by atoms with van der Waals surface area (Å²) in [6.07, 6.45) is 1.76. The predicted molar refractivity (Wildman–Crippen MR) is 96.5 cm³/mol. The molecule has 2 N–H and O–H groups in total. The van der Waals surface area contributed by atoms with Gasteiger partial charge in [0, 0.05) is 5.56 Å². The van der Waals surface area contributed by atoms with Gasteiger partial charge < -0.3 is 5.73 Å². The van der Waals surface area contributed by atoms with E-state index in [4.69, 9.17) is 5.73 Å². The lowest BCUT2D eigenvalue weighted by Crippen LogP contribution is -2.12. The summed E-state index contributed by atoms with van der Waals surface area (Å²) in [5, 5.41) is 0.242. The van der Waals surface area contributed by atoms with E-state index < -0.39 is 10.0 Å². The van der Waals surface area contributed by atoms with Crippen molar-refractivity contribution in [1.82, 2.24) is 0 Å². The minimum Gasteiger partial charge on any atom is -0.378 e. The third kappa shape index (κ3) is 4.67. The van der Waals surface area contributed by atoms with Gasteiger partial charge in [0.2, 0.25) is 0 Å². The largest absolute Gasteiger partial charge is 0.378 e. The Labute approximate surface area is 140 Å². The molecule has 7 heteroatoms. The van der Waals surface area contributed by atoms with E-state index in [1.165, 1.54) is 23.9 Å². The molecule has 2 rings (SSSR count). The Morgan fingerprint density at radius 3 is 2.22 bits per heavy atom. The number of aliphatic imine (C=N–C) groups is 1. The molecule has 0 spiro atoms. The van der Waals surface area contributed by atoms with Crippen molar-refractivity contribution in [2.24, 2.45) is 15.1 Å². The summed E-state index contributed by atoms with van der Waals surface area (Å²) >= 11 is 1.22. The van der Waals surface area contributed by atoms with Gasteiger partial charge in [0.25, 0.3) is 10.0 Å². The summed E-state index contributed by atoms with van der Waals surface area (Å²) in [5.41, 5.74) is 7.28. The fourth-order valence-corrected chi connectivity index (χ4v) is 2.89. The first-order chi connectivity index (χ1) is 10.9. The Balaban J connectivity index is 2.54. The van der Waals surface area contributed by atoms with Gasteiger partial charge in [-0.15, -0.1) is 4.40 Å². The average molecular weight is 347 g/mol. The number of hydrogen-bond acceptors (Lipinski definition) is 3. The van der Waals surface area contributed by atoms with E-state index in [0.29, 0.717) is 5.56 Å². The molecule has 0 aliphatic heterocycles. The van der Waals surface area contributed by atoms with Crippen molar-refractivity contribution in [2.45, 2.75) is 11.8 Å². The molecular formula is C16H17N3O2S2. The van der Waals surface area contributed by atoms with Crippen molar-refractivity contribution in [3.05, 3.63) is 65.7 Å². The van der Waals surface area contributed by atoms with Crippen LogP contribution in [-0.2, 0) is 10.0 Å². The van der Waals surface area contributed by atoms with Gasteiger partial charge in [-0.25, -0.2) is 4.99 Å². The maximum absolute atomic E-state index is 12.5. The lowest BCUT2D eigenvalue weighted by molar-refractivity contribution is 0.598. The van der Waals surface area contributed by atoms with Crippen LogP contribution in [0.4, 0.5) is 0 Å². The van der Waals surface area contributed by atoms with Crippen LogP contribution >= 0.6 is 11.8 Å². The zero-order valence-corrected chi connectivity index (χ0v) is 14.4. The van der Waals surface area contributed by atoms with Crippen LogP contribution in [0.1, 0.15) is 11.1 Å². The van der Waals surface area contributed by atoms with Crippen molar-refractivity contribution in [1.29, 1.82) is 0 Å². The molecular weight excluding hydrogens is 330 g/mol. The molecule has 0 aliphatic carbocycles. The van der Waals surface area contributed by atoms with E-state index in [1.807, 2.05) is 13.0 Å². The maximum Gasteiger partial charge on any atom is 0.284 e. The number of benzene rings is 2. The molecule has 23 heavy (non-hydrogen) atoms. The second-order valence-corrected chi connectivity index (χ2v) is 7.15. The molecule has 0 bridgehead atoms. The highest BCUT2D eigenvalue weighted by Crippen LogP contribution is 2.16. The van der Waals surface area contributed by atoms with E-state index >= 15 is 0 Å². The van der Waals surface area contributed by atoms with Gasteiger partial charge in [-0.2, -0.15) is 8.42 Å². The van der Waals surface area contributed by atoms with Gasteiger partial charge in [-0.05, 0) is 25.3 Å². The van der Waals surface area contributed by atoms with Crippen molar-refractivity contribution >= 4 is 32.8 Å². The Morgan fingerprint density at radius 2 is 1.65 bits per heavy atom. The van der Waals surface area contributed by atoms with Gasteiger partial charge in [0.1, 0.15) is 0 Å². The average Bonchev–Trinajstić information content (AvgIpc) is 2.55. The number of sulfonamides is 1. The van der Waals surface area contributed by atoms with Gasteiger partial charge in [0.15, 0.2) is 11.0 Å². The molecule has 0 amide bonds. The summed E-state index contributed by atoms with van der Waals surface area (Å²) in [4.78, 5) is 4.24. The van der Waals surface area contributed by atoms with Gasteiger partial charge in [-0.3, -0.25) is 0 Å². The lowest BCUT2D eigenvalue weighted by atomic mass is 10.2. The highest BCUT2D eigenvalue weighted by molar-refractivity contribution is 8.13. The lowest BCUT2D eigenvalue weighted by Gasteiger charge is -2.04. The molecule has 0 aromatic heterocycles. The van der Waals surface area contributed by atoms with E-state index in [9.17, 15) is 8.42 Å². The predicted octanol–water partition coefficient (Wildman–Crippen LogP) is 2.81. The second-order valence-electron chi connectivity index (χ2n) is 4.72. The Hall–Kier alpha value is -2.12. The Morgan fingerprint density at radius 1 is 1.04 bits per heavy atom. The number of thioether (sulfide) groups is 1. The fraction of sp³-hybridized carbons (Fsp3) is 0.125. The van der Waals surface area contributed by atoms with E-state index in [1.54, 1.807) is 42.7 Å². The van der Waals surface area contributed by atoms with Gasteiger partial charge in [0.05, 0.1) is 4.90 Å². The molecule has 0 radical (unpaired) electrons. The third-order valence-electron chi connectivity index (χ3n) is 2.98. The maximum atomic E-state index is 12.5. The molecule has 120 valence electrons. The molecule has 0 saturated carbocycles. The first-order valence-corrected chi connectivity index (χ1v) is 9.44. The monoisotopic (exact) mass is 347 g/mol. The first-order valence-electron chi connectivity index (χ1n) is 6.77. The third-order valence-corrected chi connectivity index (χ3v) is 4.77. The topological polar surface area (TPSA) is 84.9 Å². The van der Waals surface area contributed by atoms with E-state index in [-0.39, 0.29) is 15.9 Å². The highest BCUT2D eigenvalue weighted by atomic mass is 32.2. The van der Waals surface area contributed by atoms with Crippen LogP contribution in [0.15, 0.2) is 68.9 Å². The van der Waals surface area contributed by atoms with Crippen LogP contribution in [0.3, 0.4) is 0 Å². The fourth-order valence-electron chi connectivity index (χ4n) is 1.75. The molecule has 2 aromatic rings. The molecule has 0 aliphatic rings. The van der Waals surface area contributed by atoms with Crippen molar-refractivity contribution in [3.63, 3.8) is 0 Å². The highest BCUT2D eigenvalue weighted by Gasteiger charge is 2.15. The second kappa shape index (κ2) is 7.43. The van der Waals surface area contributed by atoms with Crippen LogP contribution in [0.25, 0.3) is 0 Å². The van der Waals surface area contributed by atoms with E-state index in [2.05, 4.69) is 9.39 Å². The molecule has 0 fully saturated rings. The molecule has 0 atom stereocenters. The number of nitrogens with two attached hydrogens (primary N) is 1. The SMILES string of the molecule is CSC(N)=N/C(=N\S(=O)(=O)c1ccc(C)cc1)c1ccccc1. The Kier molecular flexibility index (Phi) is 5.57. The van der Waals surface area contributed by atoms with Crippen LogP contribution in [0.2, 0.25) is 0 Å². The quantitative estimate of drug-likeness (QED) is 0.683. The number of rotatable bonds is 3. The summed E-state index contributed by atoms with van der Waals surface area (Å²) in [5.74, 6) is 0.0676. The minimum absolute atomic E-state index is 0.0676. The molecule has 2 aromatic carbocycles. The molecule has 5 nitrogen and oxygen atoms in total. The van der Waals surface area contributed by atoms with Crippen molar-refractivity contribution in [3.8, 4) is 0 Å². The number of aryl methyl sites for hydroxylation is 1.